The van der Waals surface area contributed by atoms with Gasteiger partial charge in [-0.3, -0.25) is 15.0 Å². The number of hydrogen-bond donors (Lipinski definition) is 3. The second kappa shape index (κ2) is 7.19. The fourth-order valence-electron chi connectivity index (χ4n) is 1.63. The molecule has 6 heteroatoms. The molecule has 0 aliphatic carbocycles. The molecule has 0 bridgehead atoms. The first-order chi connectivity index (χ1) is 7.72. The largest absolute Gasteiger partial charge is 0.338 e. The molecular weight excluding hydrogens is 208 g/mol. The van der Waals surface area contributed by atoms with Gasteiger partial charge < -0.3 is 10.6 Å². The molecule has 1 heterocycles. The predicted molar refractivity (Wildman–Crippen MR) is 61.1 cm³/mol. The Morgan fingerprint density at radius 1 is 1.31 bits per heavy atom. The molecular formula is C10H20N4O2. The van der Waals surface area contributed by atoms with Crippen LogP contribution in [0.5, 0.6) is 0 Å². The maximum Gasteiger partial charge on any atom is 0.321 e. The van der Waals surface area contributed by atoms with Gasteiger partial charge in [0.2, 0.25) is 5.91 Å². The van der Waals surface area contributed by atoms with Crippen molar-refractivity contribution in [1.82, 2.24) is 20.9 Å². The van der Waals surface area contributed by atoms with E-state index in [0.717, 1.165) is 32.6 Å². The Morgan fingerprint density at radius 3 is 2.88 bits per heavy atom. The zero-order valence-electron chi connectivity index (χ0n) is 9.71. The van der Waals surface area contributed by atoms with Crippen molar-refractivity contribution >= 4 is 11.9 Å². The second-order valence-electron chi connectivity index (χ2n) is 3.79. The number of imide groups is 1. The molecule has 0 aromatic heterocycles. The summed E-state index contributed by atoms with van der Waals surface area (Å²) in [5, 5.41) is 8.08. The normalized spacial score (nSPS) is 17.6. The molecule has 0 aromatic rings. The number of carbonyl (C=O) groups is 2. The number of carbonyl (C=O) groups excluding carboxylic acids is 2. The molecule has 92 valence electrons. The van der Waals surface area contributed by atoms with Gasteiger partial charge in [0.25, 0.3) is 0 Å². The average molecular weight is 228 g/mol. The first kappa shape index (κ1) is 12.9. The summed E-state index contributed by atoms with van der Waals surface area (Å²) in [5.41, 5.74) is 0. The zero-order valence-corrected chi connectivity index (χ0v) is 9.71. The van der Waals surface area contributed by atoms with E-state index >= 15 is 0 Å². The van der Waals surface area contributed by atoms with Crippen molar-refractivity contribution in [3.05, 3.63) is 0 Å². The molecule has 0 aromatic carbocycles. The van der Waals surface area contributed by atoms with E-state index in [0.29, 0.717) is 13.1 Å². The molecule has 3 N–H and O–H groups in total. The molecule has 3 amide bonds. The first-order valence-corrected chi connectivity index (χ1v) is 5.73. The predicted octanol–water partition coefficient (Wildman–Crippen LogP) is -0.873. The fourth-order valence-corrected chi connectivity index (χ4v) is 1.63. The van der Waals surface area contributed by atoms with Gasteiger partial charge in [0.15, 0.2) is 0 Å². The van der Waals surface area contributed by atoms with Crippen LogP contribution < -0.4 is 16.0 Å². The van der Waals surface area contributed by atoms with Crippen molar-refractivity contribution < 1.29 is 9.59 Å². The average Bonchev–Trinajstić information content (AvgIpc) is 2.46. The molecule has 16 heavy (non-hydrogen) atoms. The molecule has 1 aliphatic heterocycles. The lowest BCUT2D eigenvalue weighted by molar-refractivity contribution is -0.121. The monoisotopic (exact) mass is 228 g/mol. The Labute approximate surface area is 95.8 Å². The highest BCUT2D eigenvalue weighted by Gasteiger charge is 2.13. The Hall–Kier alpha value is -1.14. The SMILES string of the molecule is CCNC(=O)NC(=O)CN1CCCNCC1. The van der Waals surface area contributed by atoms with Gasteiger partial charge in [-0.15, -0.1) is 0 Å². The van der Waals surface area contributed by atoms with Crippen molar-refractivity contribution in [2.45, 2.75) is 13.3 Å². The number of nitrogens with zero attached hydrogens (tertiary/aromatic N) is 1. The molecule has 1 aliphatic rings. The Bertz CT molecular complexity index is 237. The van der Waals surface area contributed by atoms with Crippen LogP contribution in [0.3, 0.4) is 0 Å². The highest BCUT2D eigenvalue weighted by Crippen LogP contribution is 1.94. The topological polar surface area (TPSA) is 73.5 Å². The van der Waals surface area contributed by atoms with Crippen molar-refractivity contribution in [3.63, 3.8) is 0 Å². The Balaban J connectivity index is 2.24. The molecule has 0 spiro atoms. The van der Waals surface area contributed by atoms with Crippen LogP contribution in [0.4, 0.5) is 4.79 Å². The first-order valence-electron chi connectivity index (χ1n) is 5.73. The van der Waals surface area contributed by atoms with Gasteiger partial charge in [0, 0.05) is 19.6 Å². The standard InChI is InChI=1S/C10H20N4O2/c1-2-12-10(16)13-9(15)8-14-6-3-4-11-5-7-14/h11H,2-8H2,1H3,(H2,12,13,15,16). The number of nitrogens with one attached hydrogen (secondary N) is 3. The van der Waals surface area contributed by atoms with E-state index in [-0.39, 0.29) is 5.91 Å². The molecule has 6 nitrogen and oxygen atoms in total. The van der Waals surface area contributed by atoms with E-state index in [1.54, 1.807) is 0 Å². The van der Waals surface area contributed by atoms with Crippen LogP contribution in [0.25, 0.3) is 0 Å². The third kappa shape index (κ3) is 5.09. The molecule has 0 unspecified atom stereocenters. The highest BCUT2D eigenvalue weighted by atomic mass is 16.2. The third-order valence-electron chi connectivity index (χ3n) is 2.39. The Morgan fingerprint density at radius 2 is 2.12 bits per heavy atom. The van der Waals surface area contributed by atoms with Crippen LogP contribution in [0.1, 0.15) is 13.3 Å². The summed E-state index contributed by atoms with van der Waals surface area (Å²) in [6, 6.07) is -0.416. The van der Waals surface area contributed by atoms with E-state index in [1.165, 1.54) is 0 Å². The van der Waals surface area contributed by atoms with Gasteiger partial charge in [-0.05, 0) is 26.4 Å². The van der Waals surface area contributed by atoms with E-state index in [2.05, 4.69) is 20.9 Å². The Kier molecular flexibility index (Phi) is 5.81. The summed E-state index contributed by atoms with van der Waals surface area (Å²) in [6.07, 6.45) is 1.04. The van der Waals surface area contributed by atoms with Gasteiger partial charge in [-0.2, -0.15) is 0 Å². The van der Waals surface area contributed by atoms with Crippen LogP contribution in [-0.4, -0.2) is 56.1 Å². The van der Waals surface area contributed by atoms with E-state index < -0.39 is 6.03 Å². The zero-order chi connectivity index (χ0) is 11.8. The lowest BCUT2D eigenvalue weighted by Gasteiger charge is -2.18. The maximum absolute atomic E-state index is 11.5. The minimum atomic E-state index is -0.416. The van der Waals surface area contributed by atoms with Crippen LogP contribution in [0.15, 0.2) is 0 Å². The van der Waals surface area contributed by atoms with Gasteiger partial charge in [-0.25, -0.2) is 4.79 Å². The minimum Gasteiger partial charge on any atom is -0.338 e. The smallest absolute Gasteiger partial charge is 0.321 e. The lowest BCUT2D eigenvalue weighted by atomic mass is 10.4. The van der Waals surface area contributed by atoms with Crippen LogP contribution >= 0.6 is 0 Å². The van der Waals surface area contributed by atoms with Crippen molar-refractivity contribution in [2.24, 2.45) is 0 Å². The van der Waals surface area contributed by atoms with Crippen LogP contribution in [0.2, 0.25) is 0 Å². The molecule has 0 radical (unpaired) electrons. The number of rotatable bonds is 3. The van der Waals surface area contributed by atoms with E-state index in [1.807, 2.05) is 6.92 Å². The summed E-state index contributed by atoms with van der Waals surface area (Å²) >= 11 is 0. The van der Waals surface area contributed by atoms with Crippen molar-refractivity contribution in [3.8, 4) is 0 Å². The molecule has 0 atom stereocenters. The second-order valence-corrected chi connectivity index (χ2v) is 3.79. The number of amides is 3. The van der Waals surface area contributed by atoms with Gasteiger partial charge >= 0.3 is 6.03 Å². The van der Waals surface area contributed by atoms with Gasteiger partial charge in [-0.1, -0.05) is 0 Å². The van der Waals surface area contributed by atoms with Crippen LogP contribution in [-0.2, 0) is 4.79 Å². The number of urea groups is 1. The molecule has 1 saturated heterocycles. The molecule has 1 rings (SSSR count). The van der Waals surface area contributed by atoms with E-state index in [9.17, 15) is 9.59 Å². The molecule has 1 fully saturated rings. The summed E-state index contributed by atoms with van der Waals surface area (Å²) in [7, 11) is 0. The summed E-state index contributed by atoms with van der Waals surface area (Å²) in [6.45, 7) is 6.26. The lowest BCUT2D eigenvalue weighted by Crippen LogP contribution is -2.45. The van der Waals surface area contributed by atoms with Gasteiger partial charge in [0.1, 0.15) is 0 Å². The van der Waals surface area contributed by atoms with Gasteiger partial charge in [0.05, 0.1) is 6.54 Å². The van der Waals surface area contributed by atoms with Crippen LogP contribution in [0, 0.1) is 0 Å². The summed E-state index contributed by atoms with van der Waals surface area (Å²) in [5.74, 6) is -0.243. The minimum absolute atomic E-state index is 0.243. The number of hydrogen-bond acceptors (Lipinski definition) is 4. The summed E-state index contributed by atoms with van der Waals surface area (Å²) in [4.78, 5) is 24.6. The third-order valence-corrected chi connectivity index (χ3v) is 2.39. The quantitative estimate of drug-likeness (QED) is 0.587. The van der Waals surface area contributed by atoms with E-state index in [4.69, 9.17) is 0 Å². The highest BCUT2D eigenvalue weighted by molar-refractivity contribution is 5.95. The fraction of sp³-hybridized carbons (Fsp3) is 0.800. The van der Waals surface area contributed by atoms with Crippen molar-refractivity contribution in [1.29, 1.82) is 0 Å². The summed E-state index contributed by atoms with van der Waals surface area (Å²) < 4.78 is 0. The molecule has 0 saturated carbocycles. The van der Waals surface area contributed by atoms with Crippen molar-refractivity contribution in [2.75, 3.05) is 39.3 Å². The maximum atomic E-state index is 11.5.